The first-order chi connectivity index (χ1) is 57.5. The molecule has 0 fully saturated rings. The number of aliphatic hydroxyl groups excluding tert-OH is 1. The van der Waals surface area contributed by atoms with Crippen molar-refractivity contribution in [3.63, 3.8) is 0 Å². The first-order valence-electron chi connectivity index (χ1n) is 19.6. The number of carbonyl (C=O) groups is 1. The predicted octanol–water partition coefficient (Wildman–Crippen LogP) is 69.4. The molecule has 0 aromatic heterocycles. The van der Waals surface area contributed by atoms with Gasteiger partial charge in [-0.1, -0.05) is 11.7 Å². The van der Waals surface area contributed by atoms with Gasteiger partial charge in [0.1, 0.15) is 6.61 Å². The third-order valence-electron chi connectivity index (χ3n) is 3.47. The molecule has 0 aliphatic heterocycles. The second-order valence-corrected chi connectivity index (χ2v) is 207. The van der Waals surface area contributed by atoms with Crippen LogP contribution in [0.3, 0.4) is 0 Å². The van der Waals surface area contributed by atoms with Crippen molar-refractivity contribution in [1.29, 1.82) is 0 Å². The Hall–Kier alpha value is 38.6. The van der Waals surface area contributed by atoms with E-state index in [1.54, 1.807) is 187 Å². The molecule has 0 heterocycles. The molecule has 696 valence electrons. The Labute approximate surface area is 1090 Å². The minimum absolute atomic E-state index is 0.428. The van der Waals surface area contributed by atoms with Gasteiger partial charge in [-0.3, -0.25) is 4.79 Å². The predicted molar refractivity (Wildman–Crippen MR) is 863 cm³/mol. The van der Waals surface area contributed by atoms with Crippen LogP contribution in [0, 0.1) is 0 Å². The van der Waals surface area contributed by atoms with Crippen LogP contribution in [-0.2, 0) is 33.3 Å². The Kier molecular flexibility index (Phi) is 194. The van der Waals surface area contributed by atoms with Gasteiger partial charge in [0, 0.05) is 989 Å². The summed E-state index contributed by atoms with van der Waals surface area (Å²) in [7, 11) is 194. The van der Waals surface area contributed by atoms with Gasteiger partial charge in [-0.15, -0.1) is 0 Å². The lowest BCUT2D eigenvalue weighted by Gasteiger charge is -2.04. The van der Waals surface area contributed by atoms with Crippen molar-refractivity contribution < 1.29 is 9.90 Å². The molecule has 0 spiro atoms. The van der Waals surface area contributed by atoms with Crippen molar-refractivity contribution in [2.24, 2.45) is 0 Å². The number of thiol groups is 1. The summed E-state index contributed by atoms with van der Waals surface area (Å²) in [5.74, 6) is 0. The maximum Gasteiger partial charge on any atom is 0.232 e. The van der Waals surface area contributed by atoms with E-state index in [0.29, 0.717) is 0 Å². The van der Waals surface area contributed by atoms with E-state index in [9.17, 15) is 4.79 Å². The lowest BCUT2D eigenvalue weighted by molar-refractivity contribution is -0.113. The molecule has 0 saturated carbocycles. The number of hydrogen-bond donors (Lipinski definition) is 2. The van der Waals surface area contributed by atoms with Crippen LogP contribution in [-0.4, -0.2) is 16.8 Å². The second-order valence-electron chi connectivity index (χ2n) is 8.34. The van der Waals surface area contributed by atoms with Gasteiger partial charge in [0.25, 0.3) is 0 Å². The van der Waals surface area contributed by atoms with Crippen LogP contribution in [0.15, 0.2) is 0 Å². The average molecular weight is 3650 g/mol. The molecule has 2 nitrogen and oxygen atoms in total. The van der Waals surface area contributed by atoms with Crippen LogP contribution in [0.5, 0.6) is 0 Å². The molecule has 0 unspecified atom stereocenters. The monoisotopic (exact) mass is 3640 g/mol. The van der Waals surface area contributed by atoms with E-state index in [1.807, 2.05) is 835 Å². The fourth-order valence-corrected chi connectivity index (χ4v) is 301. The van der Waals surface area contributed by atoms with Gasteiger partial charge >= 0.3 is 0 Å². The first-order valence-corrected chi connectivity index (χ1v) is 168. The number of rotatable bonds is 109. The molecule has 0 amide bonds. The summed E-state index contributed by atoms with van der Waals surface area (Å²) in [5.41, 5.74) is 0. The molecule has 0 atom stereocenters. The highest BCUT2D eigenvalue weighted by Gasteiger charge is 2.16. The molecule has 0 aliphatic rings. The molecule has 0 bridgehead atoms. The molecular formula is C2H4O2S112. The molecule has 0 saturated heterocycles. The zero-order chi connectivity index (χ0) is 83.2. The highest BCUT2D eigenvalue weighted by Crippen LogP contribution is 2.75. The highest BCUT2D eigenvalue weighted by molar-refractivity contribution is 9.69. The summed E-state index contributed by atoms with van der Waals surface area (Å²) in [4.78, 5) is 11.5. The molecule has 0 radical (unpaired) electrons. The third-order valence-corrected chi connectivity index (χ3v) is 249. The summed E-state index contributed by atoms with van der Waals surface area (Å²) < 4.78 is 0. The van der Waals surface area contributed by atoms with E-state index in [4.69, 9.17) is 27.5 Å². The molecule has 0 rings (SSSR count). The molecular weight excluding hydrogens is 3650 g/mol. The molecule has 0 aromatic carbocycles. The third kappa shape index (κ3) is 143. The lowest BCUT2D eigenvalue weighted by atomic mass is 10.8. The SMILES string of the molecule is O=C(CO)S(=S)(=S)SSSSSSSSSSSSSSSSSSSSSSSSSSSSSSSSSSSSSSSSSSSSSSSSSSSSSSSSSSSSSSSSSSSSSSSSSSSSSSSSSSSSSSSSSSSSSSSSSSSSSSSSSSSSS. The Morgan fingerprint density at radius 1 is 0.155 bits per heavy atom. The van der Waals surface area contributed by atoms with E-state index < -0.39 is 17.9 Å². The summed E-state index contributed by atoms with van der Waals surface area (Å²) in [5, 5.41) is 8.51. The van der Waals surface area contributed by atoms with Crippen molar-refractivity contribution in [2.45, 2.75) is 0 Å². The van der Waals surface area contributed by atoms with Crippen LogP contribution in [0.4, 0.5) is 0 Å². The summed E-state index contributed by atoms with van der Waals surface area (Å²) in [6, 6.07) is 0. The number of hydrogen-bond acceptors (Lipinski definition) is 113. The summed E-state index contributed by atoms with van der Waals surface area (Å²) in [6.45, 7) is -0.576. The molecule has 0 aromatic rings. The normalized spacial score (nSPS) is 11.9. The van der Waals surface area contributed by atoms with Crippen molar-refractivity contribution >= 4 is 1110 Å². The van der Waals surface area contributed by atoms with Gasteiger partial charge in [0.2, 0.25) is 5.12 Å². The Morgan fingerprint density at radius 3 is 0.293 bits per heavy atom. The van der Waals surface area contributed by atoms with Gasteiger partial charge in [0.15, 0.2) is 0 Å². The first kappa shape index (κ1) is 155. The zero-order valence-corrected chi connectivity index (χ0v) is 139. The molecule has 114 heteroatoms. The van der Waals surface area contributed by atoms with Crippen LogP contribution < -0.4 is 0 Å². The summed E-state index contributed by atoms with van der Waals surface area (Å²) in [6.07, 6.45) is -2.29. The average Bonchev–Trinajstić information content (AvgIpc) is 0.895. The van der Waals surface area contributed by atoms with Gasteiger partial charge in [-0.2, -0.15) is 0 Å². The minimum Gasteiger partial charge on any atom is -0.388 e. The molecule has 116 heavy (non-hydrogen) atoms. The fraction of sp³-hybridized carbons (Fsp3) is 0.500. The van der Waals surface area contributed by atoms with Crippen LogP contribution in [0.25, 0.3) is 0 Å². The van der Waals surface area contributed by atoms with E-state index in [0.717, 1.165) is 0 Å². The minimum atomic E-state index is -2.29. The quantitative estimate of drug-likeness (QED) is 0.0344. The van der Waals surface area contributed by atoms with Crippen molar-refractivity contribution in [1.82, 2.24) is 0 Å². The van der Waals surface area contributed by atoms with Crippen molar-refractivity contribution in [2.75, 3.05) is 6.61 Å². The van der Waals surface area contributed by atoms with Gasteiger partial charge in [0.05, 0.1) is 0 Å². The summed E-state index contributed by atoms with van der Waals surface area (Å²) >= 11 is 14.3. The Balaban J connectivity index is 3.11. The van der Waals surface area contributed by atoms with Crippen LogP contribution >= 0.6 is 1070 Å². The van der Waals surface area contributed by atoms with Crippen molar-refractivity contribution in [3.8, 4) is 0 Å². The maximum absolute atomic E-state index is 11.5. The number of aliphatic hydroxyl groups is 1. The van der Waals surface area contributed by atoms with E-state index in [-0.39, 0.29) is 0 Å². The molecule has 0 aliphatic carbocycles. The lowest BCUT2D eigenvalue weighted by Crippen LogP contribution is -2.11. The zero-order valence-electron chi connectivity index (χ0n) is 47.8. The van der Waals surface area contributed by atoms with Crippen molar-refractivity contribution in [3.05, 3.63) is 0 Å². The molecule has 1 N–H and O–H groups in total. The van der Waals surface area contributed by atoms with E-state index in [1.165, 1.54) is 39.3 Å². The largest absolute Gasteiger partial charge is 0.388 e. The van der Waals surface area contributed by atoms with Crippen LogP contribution in [0.2, 0.25) is 0 Å². The van der Waals surface area contributed by atoms with E-state index in [2.05, 4.69) is 11.7 Å². The Morgan fingerprint density at radius 2 is 0.224 bits per heavy atom. The maximum atomic E-state index is 11.5. The fourth-order valence-electron chi connectivity index (χ4n) is 1.36. The van der Waals surface area contributed by atoms with Gasteiger partial charge < -0.3 is 5.11 Å². The standard InChI is InChI=1S/C2H4O2S112/c3-1-2(4)116(6,7)115-114-113-112-111-110-109-108-107-106-105-104-103-102-101-100-99-98-97-96-95-94-93-92-91-90-89-88-87-86-85-84-83-82-81-80-79-78-77-76-75-74-73-72-71-70-69-68-67-66-65-64-63-62-61-60-59-58-57-56-55-54-53-52-51-50-49-48-47-46-45-44-43-42-41-40-39-38-37-36-35-34-33-32-31-30-29-28-27-26-25-24-23-22-21-20-19-18-17-16-15-14-13-12-11-10-9-8-5/h3,5H,1H2. The van der Waals surface area contributed by atoms with E-state index >= 15 is 0 Å². The topological polar surface area (TPSA) is 37.3 Å². The smallest absolute Gasteiger partial charge is 0.232 e. The van der Waals surface area contributed by atoms with Gasteiger partial charge in [-0.25, -0.2) is 0 Å². The number of carbonyl (C=O) groups excluding carboxylic acids is 1. The van der Waals surface area contributed by atoms with Crippen LogP contribution in [0.1, 0.15) is 0 Å². The Bertz CT molecular complexity index is 1800. The second kappa shape index (κ2) is 146. The van der Waals surface area contributed by atoms with Gasteiger partial charge in [-0.05, 0) is 101 Å². The highest BCUT2D eigenvalue weighted by atomic mass is 34.2.